The Morgan fingerprint density at radius 3 is 2.53 bits per heavy atom. The maximum absolute atomic E-state index is 13.2. The largest absolute Gasteiger partial charge is 0.474 e. The summed E-state index contributed by atoms with van der Waals surface area (Å²) in [6.45, 7) is 2.83. The summed E-state index contributed by atoms with van der Waals surface area (Å²) in [5.41, 5.74) is 1.28. The number of pyridine rings is 2. The number of ether oxygens (including phenoxy) is 1. The van der Waals surface area contributed by atoms with Crippen LogP contribution in [0.4, 0.5) is 4.39 Å². The van der Waals surface area contributed by atoms with Crippen molar-refractivity contribution in [3.63, 3.8) is 0 Å². The van der Waals surface area contributed by atoms with E-state index in [9.17, 15) is 9.18 Å². The molecule has 5 nitrogen and oxygen atoms in total. The topological polar surface area (TPSA) is 55.3 Å². The second kappa shape index (κ2) is 9.61. The number of amides is 1. The molecule has 3 aromatic rings. The molecule has 1 aliphatic rings. The number of hydrogen-bond acceptors (Lipinski definition) is 4. The molecule has 3 heterocycles. The number of benzene rings is 1. The Balaban J connectivity index is 1.61. The number of aromatic nitrogens is 2. The highest BCUT2D eigenvalue weighted by atomic mass is 35.5. The van der Waals surface area contributed by atoms with E-state index in [0.717, 1.165) is 5.56 Å². The summed E-state index contributed by atoms with van der Waals surface area (Å²) >= 11 is 18.3. The van der Waals surface area contributed by atoms with Gasteiger partial charge in [-0.15, -0.1) is 0 Å². The van der Waals surface area contributed by atoms with Crippen LogP contribution in [-0.2, 0) is 0 Å². The highest BCUT2D eigenvalue weighted by molar-refractivity contribution is 6.42. The highest BCUT2D eigenvalue weighted by Crippen LogP contribution is 2.38. The molecule has 2 aromatic heterocycles. The van der Waals surface area contributed by atoms with Crippen molar-refractivity contribution in [1.29, 1.82) is 0 Å². The Labute approximate surface area is 200 Å². The zero-order chi connectivity index (χ0) is 22.8. The van der Waals surface area contributed by atoms with Gasteiger partial charge in [-0.2, -0.15) is 4.39 Å². The van der Waals surface area contributed by atoms with Gasteiger partial charge in [-0.1, -0.05) is 40.9 Å². The van der Waals surface area contributed by atoms with Gasteiger partial charge in [0.05, 0.1) is 20.6 Å². The van der Waals surface area contributed by atoms with Gasteiger partial charge in [-0.25, -0.2) is 9.97 Å². The second-order valence-electron chi connectivity index (χ2n) is 7.66. The molecule has 0 unspecified atom stereocenters. The van der Waals surface area contributed by atoms with Crippen LogP contribution in [0.25, 0.3) is 0 Å². The standard InChI is InChI=1S/C23H19Cl3FN3O2/c1-13(32-22-7-4-16(24)10-29-22)17-11-30(23(31)15-3-6-21(27)28-9-15)12-18(17)14-2-5-19(25)20(26)8-14/h2-10,13,17-18H,11-12H2,1H3/t13-,17-,18+/m0/s1. The monoisotopic (exact) mass is 493 g/mol. The minimum atomic E-state index is -0.632. The van der Waals surface area contributed by atoms with Crippen molar-refractivity contribution in [3.8, 4) is 5.88 Å². The maximum atomic E-state index is 13.2. The lowest BCUT2D eigenvalue weighted by atomic mass is 9.86. The average molecular weight is 495 g/mol. The number of halogens is 4. The fraction of sp³-hybridized carbons (Fsp3) is 0.261. The molecule has 1 aliphatic heterocycles. The third kappa shape index (κ3) is 4.98. The third-order valence-corrected chi connectivity index (χ3v) is 6.57. The van der Waals surface area contributed by atoms with E-state index < -0.39 is 5.95 Å². The van der Waals surface area contributed by atoms with Crippen LogP contribution in [0.3, 0.4) is 0 Å². The highest BCUT2D eigenvalue weighted by Gasteiger charge is 2.40. The predicted octanol–water partition coefficient (Wildman–Crippen LogP) is 5.90. The minimum Gasteiger partial charge on any atom is -0.474 e. The van der Waals surface area contributed by atoms with E-state index in [-0.39, 0.29) is 23.8 Å². The van der Waals surface area contributed by atoms with E-state index in [4.69, 9.17) is 39.5 Å². The quantitative estimate of drug-likeness (QED) is 0.414. The Morgan fingerprint density at radius 2 is 1.88 bits per heavy atom. The summed E-state index contributed by atoms with van der Waals surface area (Å²) in [5, 5.41) is 1.43. The smallest absolute Gasteiger partial charge is 0.255 e. The molecule has 1 aromatic carbocycles. The molecule has 0 radical (unpaired) electrons. The molecule has 0 saturated carbocycles. The fourth-order valence-electron chi connectivity index (χ4n) is 3.96. The molecule has 1 amide bonds. The molecule has 4 rings (SSSR count). The van der Waals surface area contributed by atoms with Gasteiger partial charge >= 0.3 is 0 Å². The lowest BCUT2D eigenvalue weighted by molar-refractivity contribution is 0.0769. The molecule has 1 saturated heterocycles. The van der Waals surface area contributed by atoms with Crippen molar-refractivity contribution in [2.24, 2.45) is 5.92 Å². The van der Waals surface area contributed by atoms with Gasteiger partial charge < -0.3 is 9.64 Å². The number of nitrogens with zero attached hydrogens (tertiary/aromatic N) is 3. The van der Waals surface area contributed by atoms with Crippen LogP contribution in [-0.4, -0.2) is 40.0 Å². The molecule has 0 bridgehead atoms. The molecule has 166 valence electrons. The van der Waals surface area contributed by atoms with Gasteiger partial charge in [0, 0.05) is 43.4 Å². The van der Waals surface area contributed by atoms with Gasteiger partial charge in [0.25, 0.3) is 5.91 Å². The first-order chi connectivity index (χ1) is 15.3. The summed E-state index contributed by atoms with van der Waals surface area (Å²) in [7, 11) is 0. The van der Waals surface area contributed by atoms with E-state index in [2.05, 4.69) is 9.97 Å². The molecule has 0 aliphatic carbocycles. The van der Waals surface area contributed by atoms with Gasteiger partial charge in [-0.3, -0.25) is 4.79 Å². The Hall–Kier alpha value is -2.41. The van der Waals surface area contributed by atoms with Crippen molar-refractivity contribution < 1.29 is 13.9 Å². The first-order valence-electron chi connectivity index (χ1n) is 9.96. The lowest BCUT2D eigenvalue weighted by Crippen LogP contribution is -2.32. The van der Waals surface area contributed by atoms with Crippen LogP contribution in [0.15, 0.2) is 54.9 Å². The lowest BCUT2D eigenvalue weighted by Gasteiger charge is -2.25. The zero-order valence-corrected chi connectivity index (χ0v) is 19.3. The van der Waals surface area contributed by atoms with Crippen LogP contribution < -0.4 is 4.74 Å². The average Bonchev–Trinajstić information content (AvgIpc) is 3.23. The predicted molar refractivity (Wildman–Crippen MR) is 122 cm³/mol. The van der Waals surface area contributed by atoms with Gasteiger partial charge in [0.2, 0.25) is 11.8 Å². The van der Waals surface area contributed by atoms with Crippen molar-refractivity contribution in [3.05, 3.63) is 87.0 Å². The fourth-order valence-corrected chi connectivity index (χ4v) is 4.38. The Kier molecular flexibility index (Phi) is 6.84. The van der Waals surface area contributed by atoms with Crippen molar-refractivity contribution in [1.82, 2.24) is 14.9 Å². The maximum Gasteiger partial charge on any atom is 0.255 e. The van der Waals surface area contributed by atoms with E-state index >= 15 is 0 Å². The first kappa shape index (κ1) is 22.8. The number of carbonyl (C=O) groups excluding carboxylic acids is 1. The summed E-state index contributed by atoms with van der Waals surface area (Å²) in [4.78, 5) is 22.6. The molecule has 1 fully saturated rings. The molecule has 9 heteroatoms. The Bertz CT molecular complexity index is 1110. The number of hydrogen-bond donors (Lipinski definition) is 0. The van der Waals surface area contributed by atoms with Crippen molar-refractivity contribution >= 4 is 40.7 Å². The minimum absolute atomic E-state index is 0.0515. The van der Waals surface area contributed by atoms with E-state index in [0.29, 0.717) is 39.6 Å². The first-order valence-corrected chi connectivity index (χ1v) is 11.1. The molecular formula is C23H19Cl3FN3O2. The summed E-state index contributed by atoms with van der Waals surface area (Å²) in [5.74, 6) is -0.511. The van der Waals surface area contributed by atoms with Crippen LogP contribution in [0.2, 0.25) is 15.1 Å². The molecular weight excluding hydrogens is 476 g/mol. The third-order valence-electron chi connectivity index (χ3n) is 5.61. The molecule has 32 heavy (non-hydrogen) atoms. The van der Waals surface area contributed by atoms with E-state index in [1.165, 1.54) is 24.5 Å². The van der Waals surface area contributed by atoms with Gasteiger partial charge in [-0.05, 0) is 42.8 Å². The summed E-state index contributed by atoms with van der Waals surface area (Å²) < 4.78 is 19.3. The SMILES string of the molecule is C[C@H](Oc1ccc(Cl)cn1)[C@@H]1CN(C(=O)c2ccc(F)nc2)C[C@@H]1c1ccc(Cl)c(Cl)c1. The summed E-state index contributed by atoms with van der Waals surface area (Å²) in [6, 6.07) is 11.5. The van der Waals surface area contributed by atoms with E-state index in [1.807, 2.05) is 19.1 Å². The summed E-state index contributed by atoms with van der Waals surface area (Å²) in [6.07, 6.45) is 2.50. The van der Waals surface area contributed by atoms with Crippen LogP contribution in [0.1, 0.15) is 28.8 Å². The van der Waals surface area contributed by atoms with Gasteiger partial charge in [0.1, 0.15) is 6.10 Å². The number of likely N-dealkylation sites (tertiary alicyclic amines) is 1. The van der Waals surface area contributed by atoms with E-state index in [1.54, 1.807) is 23.1 Å². The zero-order valence-electron chi connectivity index (χ0n) is 17.0. The number of rotatable bonds is 5. The van der Waals surface area contributed by atoms with Crippen LogP contribution in [0, 0.1) is 11.9 Å². The van der Waals surface area contributed by atoms with Crippen LogP contribution in [0.5, 0.6) is 5.88 Å². The second-order valence-corrected chi connectivity index (χ2v) is 8.91. The Morgan fingerprint density at radius 1 is 1.06 bits per heavy atom. The molecule has 0 spiro atoms. The molecule has 3 atom stereocenters. The molecule has 0 N–H and O–H groups in total. The van der Waals surface area contributed by atoms with Gasteiger partial charge in [0.15, 0.2) is 0 Å². The van der Waals surface area contributed by atoms with Crippen molar-refractivity contribution in [2.75, 3.05) is 13.1 Å². The normalized spacial score (nSPS) is 19.1. The van der Waals surface area contributed by atoms with Crippen molar-refractivity contribution in [2.45, 2.75) is 18.9 Å². The van der Waals surface area contributed by atoms with Crippen LogP contribution >= 0.6 is 34.8 Å². The number of carbonyl (C=O) groups is 1.